The van der Waals surface area contributed by atoms with Gasteiger partial charge < -0.3 is 25.2 Å². The van der Waals surface area contributed by atoms with Gasteiger partial charge in [-0.2, -0.15) is 5.26 Å². The Bertz CT molecular complexity index is 590. The van der Waals surface area contributed by atoms with Crippen molar-refractivity contribution in [1.29, 1.82) is 5.26 Å². The van der Waals surface area contributed by atoms with E-state index in [0.717, 1.165) is 32.4 Å². The molecule has 0 aromatic carbocycles. The van der Waals surface area contributed by atoms with Gasteiger partial charge in [0.25, 0.3) is 0 Å². The summed E-state index contributed by atoms with van der Waals surface area (Å²) < 4.78 is 5.35. The summed E-state index contributed by atoms with van der Waals surface area (Å²) in [4.78, 5) is 30.3. The Morgan fingerprint density at radius 1 is 1.20 bits per heavy atom. The maximum absolute atomic E-state index is 13.7. The third-order valence-corrected chi connectivity index (χ3v) is 6.63. The number of rotatable bonds is 8. The number of nitriles is 1. The lowest BCUT2D eigenvalue weighted by molar-refractivity contribution is -0.136. The number of nitrogens with zero attached hydrogens (tertiary/aromatic N) is 3. The number of amides is 3. The molecule has 8 heteroatoms. The quantitative estimate of drug-likeness (QED) is 0.585. The van der Waals surface area contributed by atoms with Crippen LogP contribution in [0.2, 0.25) is 0 Å². The van der Waals surface area contributed by atoms with E-state index < -0.39 is 6.04 Å². The molecule has 3 aliphatic rings. The zero-order chi connectivity index (χ0) is 21.2. The van der Waals surface area contributed by atoms with Gasteiger partial charge in [-0.05, 0) is 31.7 Å². The minimum Gasteiger partial charge on any atom is -0.378 e. The van der Waals surface area contributed by atoms with E-state index in [0.29, 0.717) is 58.0 Å². The summed E-state index contributed by atoms with van der Waals surface area (Å²) in [7, 11) is 0. The summed E-state index contributed by atoms with van der Waals surface area (Å²) in [5.41, 5.74) is 0. The molecule has 2 saturated heterocycles. The van der Waals surface area contributed by atoms with Gasteiger partial charge >= 0.3 is 6.03 Å². The average molecular weight is 420 g/mol. The molecule has 2 N–H and O–H groups in total. The first kappa shape index (κ1) is 22.8. The molecule has 8 nitrogen and oxygen atoms in total. The number of carbonyl (C=O) groups is 2. The summed E-state index contributed by atoms with van der Waals surface area (Å²) in [6, 6.07) is 1.67. The minimum atomic E-state index is -0.494. The third kappa shape index (κ3) is 6.58. The van der Waals surface area contributed by atoms with Crippen molar-refractivity contribution in [2.45, 2.75) is 69.9 Å². The molecular weight excluding hydrogens is 382 g/mol. The monoisotopic (exact) mass is 419 g/mol. The summed E-state index contributed by atoms with van der Waals surface area (Å²) in [5.74, 6) is 0.508. The molecule has 2 heterocycles. The third-order valence-electron chi connectivity index (χ3n) is 6.63. The van der Waals surface area contributed by atoms with Gasteiger partial charge in [-0.15, -0.1) is 0 Å². The van der Waals surface area contributed by atoms with E-state index in [9.17, 15) is 9.59 Å². The van der Waals surface area contributed by atoms with Gasteiger partial charge in [0.2, 0.25) is 5.91 Å². The van der Waals surface area contributed by atoms with E-state index in [2.05, 4.69) is 16.7 Å². The van der Waals surface area contributed by atoms with Gasteiger partial charge in [-0.25, -0.2) is 4.79 Å². The lowest BCUT2D eigenvalue weighted by atomic mass is 9.84. The van der Waals surface area contributed by atoms with Crippen molar-refractivity contribution in [3.63, 3.8) is 0 Å². The molecule has 0 spiro atoms. The van der Waals surface area contributed by atoms with Crippen molar-refractivity contribution in [2.24, 2.45) is 5.92 Å². The number of ether oxygens (including phenoxy) is 1. The van der Waals surface area contributed by atoms with Crippen LogP contribution < -0.4 is 10.6 Å². The molecule has 3 amide bonds. The van der Waals surface area contributed by atoms with E-state index >= 15 is 0 Å². The van der Waals surface area contributed by atoms with E-state index in [1.54, 1.807) is 4.90 Å². The highest BCUT2D eigenvalue weighted by molar-refractivity contribution is 5.87. The number of nitrogens with one attached hydrogen (secondary N) is 2. The molecule has 1 saturated carbocycles. The Hall–Kier alpha value is -1.85. The second-order valence-electron chi connectivity index (χ2n) is 8.78. The Morgan fingerprint density at radius 2 is 1.97 bits per heavy atom. The van der Waals surface area contributed by atoms with Crippen molar-refractivity contribution in [1.82, 2.24) is 20.4 Å². The van der Waals surface area contributed by atoms with Gasteiger partial charge in [-0.3, -0.25) is 4.79 Å². The molecule has 2 atom stereocenters. The van der Waals surface area contributed by atoms with Gasteiger partial charge in [0.15, 0.2) is 0 Å². The zero-order valence-electron chi connectivity index (χ0n) is 18.1. The number of hydrogen-bond donors (Lipinski definition) is 2. The van der Waals surface area contributed by atoms with E-state index in [-0.39, 0.29) is 18.0 Å². The molecule has 3 rings (SSSR count). The van der Waals surface area contributed by atoms with Crippen molar-refractivity contribution in [3.8, 4) is 6.07 Å². The normalized spacial score (nSPS) is 23.6. The van der Waals surface area contributed by atoms with Crippen molar-refractivity contribution in [2.75, 3.05) is 45.9 Å². The van der Waals surface area contributed by atoms with Crippen molar-refractivity contribution >= 4 is 11.9 Å². The Labute approximate surface area is 180 Å². The first-order valence-electron chi connectivity index (χ1n) is 11.7. The van der Waals surface area contributed by atoms with Crippen LogP contribution in [-0.4, -0.2) is 79.8 Å². The van der Waals surface area contributed by atoms with Gasteiger partial charge in [0.05, 0.1) is 19.3 Å². The topological polar surface area (TPSA) is 97.7 Å². The predicted molar refractivity (Wildman–Crippen MR) is 114 cm³/mol. The molecule has 2 aliphatic heterocycles. The van der Waals surface area contributed by atoms with Crippen LogP contribution in [0.3, 0.4) is 0 Å². The molecule has 2 unspecified atom stereocenters. The van der Waals surface area contributed by atoms with Crippen molar-refractivity contribution in [3.05, 3.63) is 0 Å². The van der Waals surface area contributed by atoms with E-state index in [4.69, 9.17) is 10.00 Å². The van der Waals surface area contributed by atoms with Crippen LogP contribution in [0, 0.1) is 17.2 Å². The minimum absolute atomic E-state index is 0.0221. The number of unbranched alkanes of at least 4 members (excludes halogenated alkanes) is 1. The Morgan fingerprint density at radius 3 is 2.63 bits per heavy atom. The summed E-state index contributed by atoms with van der Waals surface area (Å²) in [5, 5.41) is 15.4. The molecule has 168 valence electrons. The highest BCUT2D eigenvalue weighted by Crippen LogP contribution is 2.28. The second-order valence-corrected chi connectivity index (χ2v) is 8.78. The lowest BCUT2D eigenvalue weighted by Gasteiger charge is -2.35. The molecule has 1 aliphatic carbocycles. The molecule has 30 heavy (non-hydrogen) atoms. The Balaban J connectivity index is 1.70. The van der Waals surface area contributed by atoms with Crippen LogP contribution in [0.4, 0.5) is 4.79 Å². The predicted octanol–water partition coefficient (Wildman–Crippen LogP) is 1.86. The first-order chi connectivity index (χ1) is 14.7. The van der Waals surface area contributed by atoms with Gasteiger partial charge in [-0.1, -0.05) is 32.1 Å². The standard InChI is InChI=1S/C22H37N5O3/c23-9-4-5-11-27(19-8-10-24-17-19)21(28)20(16-18-6-2-1-3-7-18)25-22(29)26-12-14-30-15-13-26/h18-20,24H,1-8,10-17H2,(H,25,29). The maximum atomic E-state index is 13.7. The molecule has 0 radical (unpaired) electrons. The van der Waals surface area contributed by atoms with Gasteiger partial charge in [0.1, 0.15) is 6.04 Å². The maximum Gasteiger partial charge on any atom is 0.318 e. The second kappa shape index (κ2) is 12.1. The first-order valence-corrected chi connectivity index (χ1v) is 11.7. The van der Waals surface area contributed by atoms with E-state index in [1.807, 2.05) is 4.90 Å². The number of urea groups is 1. The molecular formula is C22H37N5O3. The van der Waals surface area contributed by atoms with Crippen LogP contribution >= 0.6 is 0 Å². The number of morpholine rings is 1. The Kier molecular flexibility index (Phi) is 9.22. The fourth-order valence-electron chi connectivity index (χ4n) is 4.89. The van der Waals surface area contributed by atoms with E-state index in [1.165, 1.54) is 19.3 Å². The van der Waals surface area contributed by atoms with Crippen LogP contribution in [0.15, 0.2) is 0 Å². The average Bonchev–Trinajstić information content (AvgIpc) is 3.32. The SMILES string of the molecule is N#CCCCN(C(=O)C(CC1CCCCC1)NC(=O)N1CCOCC1)C1CCNC1. The van der Waals surface area contributed by atoms with Crippen LogP contribution in [0.1, 0.15) is 57.8 Å². The molecule has 0 bridgehead atoms. The van der Waals surface area contributed by atoms with Crippen LogP contribution in [0.25, 0.3) is 0 Å². The van der Waals surface area contributed by atoms with Crippen molar-refractivity contribution < 1.29 is 14.3 Å². The summed E-state index contributed by atoms with van der Waals surface area (Å²) in [6.07, 6.45) is 8.71. The molecule has 0 aromatic heterocycles. The van der Waals surface area contributed by atoms with Crippen LogP contribution in [-0.2, 0) is 9.53 Å². The molecule has 0 aromatic rings. The van der Waals surface area contributed by atoms with Gasteiger partial charge in [0, 0.05) is 38.6 Å². The van der Waals surface area contributed by atoms with Crippen LogP contribution in [0.5, 0.6) is 0 Å². The summed E-state index contributed by atoms with van der Waals surface area (Å²) in [6.45, 7) is 4.48. The fourth-order valence-corrected chi connectivity index (χ4v) is 4.89. The highest BCUT2D eigenvalue weighted by Gasteiger charge is 2.34. The fraction of sp³-hybridized carbons (Fsp3) is 0.864. The summed E-state index contributed by atoms with van der Waals surface area (Å²) >= 11 is 0. The smallest absolute Gasteiger partial charge is 0.318 e. The number of carbonyl (C=O) groups excluding carboxylic acids is 2. The highest BCUT2D eigenvalue weighted by atomic mass is 16.5. The molecule has 3 fully saturated rings. The lowest BCUT2D eigenvalue weighted by Crippen LogP contribution is -2.56. The largest absolute Gasteiger partial charge is 0.378 e. The number of hydrogen-bond acceptors (Lipinski definition) is 5. The zero-order valence-corrected chi connectivity index (χ0v) is 18.1.